The lowest BCUT2D eigenvalue weighted by Crippen LogP contribution is -2.46. The van der Waals surface area contributed by atoms with Gasteiger partial charge in [-0.2, -0.15) is 0 Å². The molecule has 3 N–H and O–H groups in total. The van der Waals surface area contributed by atoms with Crippen molar-refractivity contribution in [2.75, 3.05) is 37.8 Å². The molecule has 1 aliphatic rings. The molecule has 0 saturated carbocycles. The third-order valence-electron chi connectivity index (χ3n) is 6.34. The van der Waals surface area contributed by atoms with Crippen LogP contribution in [0.3, 0.4) is 0 Å². The summed E-state index contributed by atoms with van der Waals surface area (Å²) in [4.78, 5) is 36.9. The minimum absolute atomic E-state index is 0.0153. The summed E-state index contributed by atoms with van der Waals surface area (Å²) >= 11 is 11.1. The number of urea groups is 1. The Morgan fingerprint density at radius 2 is 1.93 bits per heavy atom. The van der Waals surface area contributed by atoms with E-state index in [-0.39, 0.29) is 47.0 Å². The second-order valence-electron chi connectivity index (χ2n) is 9.37. The van der Waals surface area contributed by atoms with Crippen LogP contribution in [0.15, 0.2) is 54.9 Å². The zero-order valence-corrected chi connectivity index (χ0v) is 23.6. The molecule has 1 aliphatic heterocycles. The third-order valence-corrected chi connectivity index (χ3v) is 6.78. The summed E-state index contributed by atoms with van der Waals surface area (Å²) in [6.45, 7) is 1.86. The first-order valence-corrected chi connectivity index (χ1v) is 13.3. The normalized spacial score (nSPS) is 13.8. The van der Waals surface area contributed by atoms with Gasteiger partial charge in [0, 0.05) is 35.9 Å². The highest BCUT2D eigenvalue weighted by Crippen LogP contribution is 2.26. The molecule has 40 heavy (non-hydrogen) atoms. The molecule has 4 rings (SSSR count). The first kappa shape index (κ1) is 29.1. The molecule has 1 fully saturated rings. The molecule has 0 unspecified atom stereocenters. The van der Waals surface area contributed by atoms with Gasteiger partial charge in [-0.25, -0.2) is 19.2 Å². The lowest BCUT2D eigenvalue weighted by molar-refractivity contribution is -0.119. The van der Waals surface area contributed by atoms with Crippen molar-refractivity contribution < 1.29 is 18.7 Å². The van der Waals surface area contributed by atoms with E-state index >= 15 is 0 Å². The number of nitrogens with zero attached hydrogens (tertiary/aromatic N) is 4. The Bertz CT molecular complexity index is 1390. The fourth-order valence-electron chi connectivity index (χ4n) is 4.15. The van der Waals surface area contributed by atoms with Crippen molar-refractivity contribution in [1.82, 2.24) is 25.1 Å². The van der Waals surface area contributed by atoms with E-state index in [1.165, 1.54) is 30.6 Å². The molecule has 13 heteroatoms. The molecule has 3 amide bonds. The summed E-state index contributed by atoms with van der Waals surface area (Å²) in [6.07, 6.45) is 3.09. The smallest absolute Gasteiger partial charge is 0.323 e. The predicted molar refractivity (Wildman–Crippen MR) is 155 cm³/mol. The summed E-state index contributed by atoms with van der Waals surface area (Å²) in [7, 11) is 3.82. The number of likely N-dealkylation sites (tertiary alicyclic amines) is 1. The van der Waals surface area contributed by atoms with E-state index in [0.717, 1.165) is 31.5 Å². The van der Waals surface area contributed by atoms with Crippen LogP contribution < -0.4 is 20.7 Å². The summed E-state index contributed by atoms with van der Waals surface area (Å²) < 4.78 is 20.4. The first-order chi connectivity index (χ1) is 19.2. The molecule has 1 aromatic heterocycles. The van der Waals surface area contributed by atoms with E-state index in [2.05, 4.69) is 37.9 Å². The Kier molecular flexibility index (Phi) is 9.80. The summed E-state index contributed by atoms with van der Waals surface area (Å²) in [5.41, 5.74) is 1.04. The number of halogens is 2. The first-order valence-electron chi connectivity index (χ1n) is 12.5. The quantitative estimate of drug-likeness (QED) is 0.343. The van der Waals surface area contributed by atoms with Crippen molar-refractivity contribution in [3.8, 4) is 11.6 Å². The molecule has 2 aromatic carbocycles. The SMILES string of the molecule is CN1CCC(N(C)C(=O)Nc2cc(Oc3ccc(NC(=S)NC(=O)Cc4cccc(Cl)c4)cc3F)ncn2)CC1. The maximum absolute atomic E-state index is 14.8. The van der Waals surface area contributed by atoms with Gasteiger partial charge in [-0.15, -0.1) is 0 Å². The maximum atomic E-state index is 14.8. The Morgan fingerprint density at radius 3 is 2.65 bits per heavy atom. The molecular weight excluding hydrogens is 557 g/mol. The summed E-state index contributed by atoms with van der Waals surface area (Å²) in [6, 6.07) is 12.3. The maximum Gasteiger partial charge on any atom is 0.323 e. The average molecular weight is 586 g/mol. The van der Waals surface area contributed by atoms with Crippen LogP contribution in [0.4, 0.5) is 20.7 Å². The highest BCUT2D eigenvalue weighted by Gasteiger charge is 2.24. The summed E-state index contributed by atoms with van der Waals surface area (Å²) in [5.74, 6) is -0.850. The number of nitrogens with one attached hydrogen (secondary N) is 3. The molecule has 0 atom stereocenters. The number of thiocarbonyl (C=S) groups is 1. The van der Waals surface area contributed by atoms with E-state index in [0.29, 0.717) is 10.7 Å². The van der Waals surface area contributed by atoms with Gasteiger partial charge in [0.25, 0.3) is 0 Å². The molecule has 0 bridgehead atoms. The van der Waals surface area contributed by atoms with Crippen LogP contribution in [0.1, 0.15) is 18.4 Å². The molecule has 0 radical (unpaired) electrons. The number of benzene rings is 2. The number of aromatic nitrogens is 2. The topological polar surface area (TPSA) is 112 Å². The number of carbonyl (C=O) groups excluding carboxylic acids is 2. The van der Waals surface area contributed by atoms with Gasteiger partial charge >= 0.3 is 6.03 Å². The fourth-order valence-corrected chi connectivity index (χ4v) is 4.59. The monoisotopic (exact) mass is 585 g/mol. The zero-order chi connectivity index (χ0) is 28.6. The molecule has 2 heterocycles. The van der Waals surface area contributed by atoms with Crippen LogP contribution in [0.5, 0.6) is 11.6 Å². The molecule has 0 aliphatic carbocycles. The van der Waals surface area contributed by atoms with Crippen LogP contribution >= 0.6 is 23.8 Å². The molecular formula is C27H29ClFN7O3S. The largest absolute Gasteiger partial charge is 0.436 e. The number of piperidine rings is 1. The van der Waals surface area contributed by atoms with Crippen LogP contribution in [-0.4, -0.2) is 70.0 Å². The fraction of sp³-hybridized carbons (Fsp3) is 0.296. The van der Waals surface area contributed by atoms with Gasteiger partial charge in [0.1, 0.15) is 12.1 Å². The number of amides is 3. The highest BCUT2D eigenvalue weighted by molar-refractivity contribution is 7.80. The molecule has 1 saturated heterocycles. The number of carbonyl (C=O) groups is 2. The lowest BCUT2D eigenvalue weighted by atomic mass is 10.0. The molecule has 210 valence electrons. The van der Waals surface area contributed by atoms with Crippen molar-refractivity contribution >= 4 is 52.4 Å². The van der Waals surface area contributed by atoms with Gasteiger partial charge in [0.15, 0.2) is 16.7 Å². The predicted octanol–water partition coefficient (Wildman–Crippen LogP) is 4.68. The number of hydrogen-bond donors (Lipinski definition) is 3. The number of rotatable bonds is 7. The average Bonchev–Trinajstić information content (AvgIpc) is 2.90. The Labute approximate surface area is 241 Å². The number of ether oxygens (including phenoxy) is 1. The van der Waals surface area contributed by atoms with Crippen LogP contribution in [0, 0.1) is 5.82 Å². The van der Waals surface area contributed by atoms with Crippen LogP contribution in [0.2, 0.25) is 5.02 Å². The van der Waals surface area contributed by atoms with Gasteiger partial charge in [-0.3, -0.25) is 10.1 Å². The van der Waals surface area contributed by atoms with Gasteiger partial charge in [-0.05, 0) is 75.0 Å². The zero-order valence-electron chi connectivity index (χ0n) is 22.0. The van der Waals surface area contributed by atoms with Crippen molar-refractivity contribution in [1.29, 1.82) is 0 Å². The Hall–Kier alpha value is -3.87. The Morgan fingerprint density at radius 1 is 1.15 bits per heavy atom. The van der Waals surface area contributed by atoms with Crippen molar-refractivity contribution in [3.63, 3.8) is 0 Å². The van der Waals surface area contributed by atoms with E-state index in [1.54, 1.807) is 36.2 Å². The van der Waals surface area contributed by atoms with Crippen molar-refractivity contribution in [2.24, 2.45) is 0 Å². The van der Waals surface area contributed by atoms with Crippen molar-refractivity contribution in [2.45, 2.75) is 25.3 Å². The van der Waals surface area contributed by atoms with E-state index in [4.69, 9.17) is 28.6 Å². The number of hydrogen-bond acceptors (Lipinski definition) is 7. The number of anilines is 2. The van der Waals surface area contributed by atoms with Crippen LogP contribution in [-0.2, 0) is 11.2 Å². The van der Waals surface area contributed by atoms with Gasteiger partial charge in [0.2, 0.25) is 11.8 Å². The second kappa shape index (κ2) is 13.5. The van der Waals surface area contributed by atoms with E-state index in [9.17, 15) is 14.0 Å². The molecule has 0 spiro atoms. The van der Waals surface area contributed by atoms with Gasteiger partial charge in [0.05, 0.1) is 6.42 Å². The van der Waals surface area contributed by atoms with E-state index in [1.807, 2.05) is 0 Å². The summed E-state index contributed by atoms with van der Waals surface area (Å²) in [5, 5.41) is 8.60. The molecule has 3 aromatic rings. The lowest BCUT2D eigenvalue weighted by Gasteiger charge is -2.34. The van der Waals surface area contributed by atoms with E-state index < -0.39 is 5.82 Å². The second-order valence-corrected chi connectivity index (χ2v) is 10.2. The van der Waals surface area contributed by atoms with Gasteiger partial charge < -0.3 is 25.2 Å². The van der Waals surface area contributed by atoms with Crippen molar-refractivity contribution in [3.05, 3.63) is 71.3 Å². The Balaban J connectivity index is 1.30. The van der Waals surface area contributed by atoms with Crippen LogP contribution in [0.25, 0.3) is 0 Å². The molecule has 10 nitrogen and oxygen atoms in total. The standard InChI is InChI=1S/C27H29ClFN7O3S/c1-35-10-8-20(9-11-35)36(2)27(38)33-23-15-25(31-16-30-23)39-22-7-6-19(14-21(22)29)32-26(40)34-24(37)13-17-4-3-5-18(28)12-17/h3-7,12,14-16,20H,8-11,13H2,1-2H3,(H,30,31,33,38)(H2,32,34,37,40). The minimum atomic E-state index is -0.691. The van der Waals surface area contributed by atoms with Gasteiger partial charge in [-0.1, -0.05) is 23.7 Å². The third kappa shape index (κ3) is 8.31. The minimum Gasteiger partial charge on any atom is -0.436 e. The highest BCUT2D eigenvalue weighted by atomic mass is 35.5.